The van der Waals surface area contributed by atoms with Crippen molar-refractivity contribution >= 4 is 12.3 Å². The summed E-state index contributed by atoms with van der Waals surface area (Å²) in [5, 5.41) is 86.9. The van der Waals surface area contributed by atoms with Crippen molar-refractivity contribution in [1.29, 1.82) is 0 Å². The summed E-state index contributed by atoms with van der Waals surface area (Å²) in [5.41, 5.74) is -5.39. The number of esters is 1. The zero-order chi connectivity index (χ0) is 52.1. The maximum Gasteiger partial charge on any atom is 0.331 e. The Morgan fingerprint density at radius 3 is 2.45 bits per heavy atom. The molecule has 2 aromatic carbocycles. The molecule has 76 heavy (non-hydrogen) atoms. The van der Waals surface area contributed by atoms with Gasteiger partial charge in [0.05, 0.1) is 29.8 Å². The summed E-state index contributed by atoms with van der Waals surface area (Å²) >= 11 is 0. The van der Waals surface area contributed by atoms with Gasteiger partial charge in [0.15, 0.2) is 0 Å². The molecule has 10 heteroatoms. The number of hydrogen-bond donors (Lipinski definition) is 7. The molecule has 12 aliphatic carbocycles. The number of hydrogen-bond acceptors (Lipinski definition) is 10. The maximum absolute atomic E-state index is 15.5. The van der Waals surface area contributed by atoms with Crippen molar-refractivity contribution in [1.82, 2.24) is 5.32 Å². The molecule has 2 spiro atoms. The smallest absolute Gasteiger partial charge is 0.331 e. The molecule has 22 atom stereocenters. The highest BCUT2D eigenvalue weighted by molar-refractivity contribution is 5.86. The molecular weight excluding hydrogens is 951 g/mol. The number of benzene rings is 2. The van der Waals surface area contributed by atoms with Gasteiger partial charge in [-0.05, 0) is 172 Å². The second-order valence-corrected chi connectivity index (χ2v) is 27.3. The maximum atomic E-state index is 15.5. The van der Waals surface area contributed by atoms with E-state index in [0.717, 1.165) is 60.7 Å². The summed E-state index contributed by atoms with van der Waals surface area (Å²) in [6.45, 7) is -0.146. The third-order valence-electron chi connectivity index (χ3n) is 24.8. The SMILES string of the molecule is CNC1Cc2c(cccc2CO)C#CCCC23CC4C#CCC(Cc5ccccc5)C5CCC6(C5)CC5(C=O)C4C(O)(C(O)C4CC7C(C=CCC7C7CCCC7)CC(C6O)C45O)C2(O)CC2CC1C1OC(=O)C=C1C23. The quantitative estimate of drug-likeness (QED) is 0.0680. The summed E-state index contributed by atoms with van der Waals surface area (Å²) in [6, 6.07) is 16.2. The van der Waals surface area contributed by atoms with Gasteiger partial charge in [-0.3, -0.25) is 0 Å². The predicted octanol–water partition coefficient (Wildman–Crippen LogP) is 7.18. The van der Waals surface area contributed by atoms with Crippen molar-refractivity contribution in [2.45, 2.75) is 170 Å². The number of aliphatic hydroxyl groups is 6. The molecule has 8 fully saturated rings. The van der Waals surface area contributed by atoms with Gasteiger partial charge in [-0.1, -0.05) is 98.1 Å². The number of likely N-dealkylation sites (N-methyl/N-ethyl adjacent to an activating group) is 1. The Balaban J connectivity index is 1.01. The Labute approximate surface area is 448 Å². The zero-order valence-electron chi connectivity index (χ0n) is 44.3. The lowest BCUT2D eigenvalue weighted by Crippen LogP contribution is -2.87. The minimum atomic E-state index is -2.36. The number of aliphatic hydroxyl groups excluding tert-OH is 3. The van der Waals surface area contributed by atoms with Gasteiger partial charge < -0.3 is 45.5 Å². The Kier molecular flexibility index (Phi) is 11.8. The molecule has 0 radical (unpaired) electrons. The van der Waals surface area contributed by atoms with Crippen molar-refractivity contribution in [3.8, 4) is 23.7 Å². The lowest BCUT2D eigenvalue weighted by Gasteiger charge is -2.75. The van der Waals surface area contributed by atoms with Gasteiger partial charge in [-0.15, -0.1) is 5.92 Å². The normalized spacial score (nSPS) is 49.2. The Bertz CT molecular complexity index is 2870. The molecule has 0 saturated heterocycles. The Hall–Kier alpha value is -4.10. The molecular formula is C66H79NO9. The van der Waals surface area contributed by atoms with Gasteiger partial charge >= 0.3 is 5.97 Å². The van der Waals surface area contributed by atoms with Crippen LogP contribution in [-0.4, -0.2) is 91.1 Å². The Morgan fingerprint density at radius 2 is 1.66 bits per heavy atom. The fourth-order valence-electron chi connectivity index (χ4n) is 22.1. The first-order valence-electron chi connectivity index (χ1n) is 29.8. The fourth-order valence-corrected chi connectivity index (χ4v) is 22.1. The highest BCUT2D eigenvalue weighted by Crippen LogP contribution is 2.80. The molecule has 7 bridgehead atoms. The standard InChI is InChI=1S/C66H79NO9/c1-67-54-30-48-40(17-9-21-45(48)35-68)16-7-8-24-62-33-44-20-10-18-41(26-38-12-3-2-4-13-38)43-23-25-61(32-43)36-63(37-69)58(44)66(75,64(62,73)34-46-27-50(54)57-51(56(46)62)31-55(70)76-57)60(72)53-29-49-42(28-52(59(61)71)65(53,63)74)19-11-22-47(49)39-14-5-6-15-39/h2-4,9,11-13,17,19,21,31,37,39,41-44,46-47,49-50,52-54,56-60,67-68,71-75H,5-6,8,14-15,18,22-30,32-36H2,1H3. The number of nitrogens with one attached hydrogen (secondary N) is 1. The highest BCUT2D eigenvalue weighted by atomic mass is 16.5. The minimum absolute atomic E-state index is 0.000577. The van der Waals surface area contributed by atoms with Crippen molar-refractivity contribution in [2.75, 3.05) is 7.05 Å². The summed E-state index contributed by atoms with van der Waals surface area (Å²) in [4.78, 5) is 29.5. The number of ether oxygens (including phenoxy) is 1. The van der Waals surface area contributed by atoms with Crippen molar-refractivity contribution in [3.63, 3.8) is 0 Å². The third kappa shape index (κ3) is 6.62. The van der Waals surface area contributed by atoms with Crippen LogP contribution in [0.15, 0.2) is 72.3 Å². The molecule has 8 saturated carbocycles. The van der Waals surface area contributed by atoms with E-state index < -0.39 is 86.9 Å². The lowest BCUT2D eigenvalue weighted by molar-refractivity contribution is -0.390. The van der Waals surface area contributed by atoms with Gasteiger partial charge in [0, 0.05) is 65.5 Å². The highest BCUT2D eigenvalue weighted by Gasteiger charge is 2.88. The molecule has 7 N–H and O–H groups in total. The first kappa shape index (κ1) is 50.1. The zero-order valence-corrected chi connectivity index (χ0v) is 44.3. The molecule has 13 aliphatic rings. The van der Waals surface area contributed by atoms with E-state index in [1.165, 1.54) is 18.4 Å². The van der Waals surface area contributed by atoms with E-state index in [2.05, 4.69) is 65.4 Å². The molecule has 1 heterocycles. The van der Waals surface area contributed by atoms with Crippen LogP contribution in [0, 0.1) is 117 Å². The van der Waals surface area contributed by atoms with Crippen LogP contribution in [0.3, 0.4) is 0 Å². The molecule has 0 amide bonds. The van der Waals surface area contributed by atoms with Gasteiger partial charge in [-0.25, -0.2) is 4.79 Å². The second kappa shape index (κ2) is 18.0. The Morgan fingerprint density at radius 1 is 0.842 bits per heavy atom. The van der Waals surface area contributed by atoms with Crippen LogP contribution < -0.4 is 5.32 Å². The average molecular weight is 1030 g/mol. The van der Waals surface area contributed by atoms with Crippen LogP contribution in [0.5, 0.6) is 0 Å². The first-order valence-corrected chi connectivity index (χ1v) is 29.8. The third-order valence-corrected chi connectivity index (χ3v) is 24.8. The van der Waals surface area contributed by atoms with Crippen LogP contribution in [0.4, 0.5) is 0 Å². The average Bonchev–Trinajstić information content (AvgIpc) is 2.75. The van der Waals surface area contributed by atoms with Crippen molar-refractivity contribution in [3.05, 3.63) is 94.6 Å². The van der Waals surface area contributed by atoms with E-state index in [1.807, 2.05) is 31.3 Å². The van der Waals surface area contributed by atoms with E-state index in [1.54, 1.807) is 6.08 Å². The number of rotatable bonds is 6. The van der Waals surface area contributed by atoms with Gasteiger partial charge in [0.25, 0.3) is 0 Å². The molecule has 2 aromatic rings. The summed E-state index contributed by atoms with van der Waals surface area (Å²) < 4.78 is 6.43. The van der Waals surface area contributed by atoms with E-state index in [4.69, 9.17) is 4.74 Å². The molecule has 10 nitrogen and oxygen atoms in total. The topological polar surface area (TPSA) is 177 Å². The molecule has 22 unspecified atom stereocenters. The number of fused-ring (bicyclic) bond motifs is 6. The largest absolute Gasteiger partial charge is 0.454 e. The number of carbonyl (C=O) groups excluding carboxylic acids is 2. The summed E-state index contributed by atoms with van der Waals surface area (Å²) in [6.07, 6.45) is 16.2. The lowest BCUT2D eigenvalue weighted by atomic mass is 9.31. The number of carbonyl (C=O) groups is 2. The van der Waals surface area contributed by atoms with Gasteiger partial charge in [-0.2, -0.15) is 0 Å². The van der Waals surface area contributed by atoms with Crippen LogP contribution in [0.25, 0.3) is 0 Å². The predicted molar refractivity (Wildman–Crippen MR) is 285 cm³/mol. The van der Waals surface area contributed by atoms with Gasteiger partial charge in [0.1, 0.15) is 23.6 Å². The number of aldehydes is 1. The summed E-state index contributed by atoms with van der Waals surface area (Å²) in [7, 11) is 1.92. The molecule has 402 valence electrons. The van der Waals surface area contributed by atoms with Crippen LogP contribution in [-0.2, 0) is 33.8 Å². The van der Waals surface area contributed by atoms with E-state index >= 15 is 9.90 Å². The molecule has 0 aromatic heterocycles. The number of allylic oxidation sites excluding steroid dienone is 2. The minimum Gasteiger partial charge on any atom is -0.454 e. The summed E-state index contributed by atoms with van der Waals surface area (Å²) in [5.74, 6) is 10.6. The van der Waals surface area contributed by atoms with Crippen LogP contribution in [0.1, 0.15) is 131 Å². The first-order chi connectivity index (χ1) is 36.8. The fraction of sp³-hybridized carbons (Fsp3) is 0.667. The van der Waals surface area contributed by atoms with Crippen molar-refractivity contribution in [2.24, 2.45) is 93.2 Å². The van der Waals surface area contributed by atoms with E-state index in [-0.39, 0.29) is 73.3 Å². The van der Waals surface area contributed by atoms with Crippen LogP contribution >= 0.6 is 0 Å². The molecule has 1 aliphatic heterocycles. The van der Waals surface area contributed by atoms with E-state index in [0.29, 0.717) is 63.7 Å². The second-order valence-electron chi connectivity index (χ2n) is 27.3. The van der Waals surface area contributed by atoms with Crippen molar-refractivity contribution < 1.29 is 45.0 Å². The molecule has 15 rings (SSSR count). The van der Waals surface area contributed by atoms with Gasteiger partial charge in [0.2, 0.25) is 0 Å². The van der Waals surface area contributed by atoms with Crippen LogP contribution in [0.2, 0.25) is 0 Å². The monoisotopic (exact) mass is 1030 g/mol. The van der Waals surface area contributed by atoms with E-state index in [9.17, 15) is 30.3 Å².